The van der Waals surface area contributed by atoms with Gasteiger partial charge in [-0.15, -0.1) is 0 Å². The molecule has 3 N–H and O–H groups in total. The molecule has 2 atom stereocenters. The normalized spacial score (nSPS) is 23.2. The Labute approximate surface area is 108 Å². The topological polar surface area (TPSA) is 58.4 Å². The number of aryl methyl sites for hydroxylation is 1. The number of nitrogens with zero attached hydrogens (tertiary/aromatic N) is 1. The van der Waals surface area contributed by atoms with Crippen LogP contribution in [0.2, 0.25) is 0 Å². The molecule has 0 aromatic heterocycles. The summed E-state index contributed by atoms with van der Waals surface area (Å²) in [5, 5.41) is 2.93. The Morgan fingerprint density at radius 1 is 1.44 bits per heavy atom. The second-order valence-electron chi connectivity index (χ2n) is 5.06. The fourth-order valence-electron chi connectivity index (χ4n) is 2.45. The first-order chi connectivity index (χ1) is 8.61. The van der Waals surface area contributed by atoms with Gasteiger partial charge in [-0.3, -0.25) is 0 Å². The molecule has 1 aliphatic rings. The van der Waals surface area contributed by atoms with Gasteiger partial charge < -0.3 is 16.0 Å². The van der Waals surface area contributed by atoms with Gasteiger partial charge in [0.05, 0.1) is 0 Å². The van der Waals surface area contributed by atoms with E-state index in [4.69, 9.17) is 5.73 Å². The molecule has 18 heavy (non-hydrogen) atoms. The van der Waals surface area contributed by atoms with Crippen molar-refractivity contribution >= 4 is 11.7 Å². The molecule has 2 rings (SSSR count). The number of rotatable bonds is 2. The van der Waals surface area contributed by atoms with Gasteiger partial charge in [-0.2, -0.15) is 0 Å². The molecule has 1 fully saturated rings. The number of nitrogens with two attached hydrogens (primary N) is 1. The number of anilines is 1. The third-order valence-electron chi connectivity index (χ3n) is 3.69. The molecule has 98 valence electrons. The molecule has 2 amide bonds. The lowest BCUT2D eigenvalue weighted by Gasteiger charge is -2.25. The van der Waals surface area contributed by atoms with Crippen LogP contribution in [-0.2, 0) is 0 Å². The van der Waals surface area contributed by atoms with Crippen LogP contribution in [0.4, 0.5) is 10.5 Å². The minimum absolute atomic E-state index is 0.0429. The smallest absolute Gasteiger partial charge is 0.322 e. The lowest BCUT2D eigenvalue weighted by Crippen LogP contribution is -2.44. The summed E-state index contributed by atoms with van der Waals surface area (Å²) in [4.78, 5) is 14.0. The predicted molar refractivity (Wildman–Crippen MR) is 73.5 cm³/mol. The van der Waals surface area contributed by atoms with Gasteiger partial charge in [-0.1, -0.05) is 24.6 Å². The molecule has 0 bridgehead atoms. The highest BCUT2D eigenvalue weighted by molar-refractivity contribution is 5.89. The first-order valence-corrected chi connectivity index (χ1v) is 6.46. The SMILES string of the molecule is Cc1ccc(NC(=O)N2CCC(C)C2CN)cc1. The van der Waals surface area contributed by atoms with E-state index in [2.05, 4.69) is 12.2 Å². The van der Waals surface area contributed by atoms with Gasteiger partial charge in [0.2, 0.25) is 0 Å². The first-order valence-electron chi connectivity index (χ1n) is 6.46. The number of nitrogens with one attached hydrogen (secondary N) is 1. The summed E-state index contributed by atoms with van der Waals surface area (Å²) in [5.74, 6) is 0.485. The van der Waals surface area contributed by atoms with Crippen molar-refractivity contribution in [1.29, 1.82) is 0 Å². The summed E-state index contributed by atoms with van der Waals surface area (Å²) < 4.78 is 0. The maximum atomic E-state index is 12.2. The molecular formula is C14H21N3O. The van der Waals surface area contributed by atoms with E-state index < -0.39 is 0 Å². The van der Waals surface area contributed by atoms with Crippen LogP contribution in [-0.4, -0.2) is 30.1 Å². The second kappa shape index (κ2) is 5.40. The van der Waals surface area contributed by atoms with E-state index in [1.165, 1.54) is 5.56 Å². The highest BCUT2D eigenvalue weighted by Crippen LogP contribution is 2.24. The maximum absolute atomic E-state index is 12.2. The van der Waals surface area contributed by atoms with E-state index in [0.29, 0.717) is 12.5 Å². The zero-order valence-corrected chi connectivity index (χ0v) is 11.0. The molecule has 1 heterocycles. The van der Waals surface area contributed by atoms with Crippen molar-refractivity contribution in [1.82, 2.24) is 4.90 Å². The van der Waals surface area contributed by atoms with Gasteiger partial charge in [0, 0.05) is 24.8 Å². The molecule has 0 saturated carbocycles. The Balaban J connectivity index is 2.01. The summed E-state index contributed by atoms with van der Waals surface area (Å²) in [7, 11) is 0. The molecule has 4 nitrogen and oxygen atoms in total. The number of hydrogen-bond acceptors (Lipinski definition) is 2. The molecule has 0 radical (unpaired) electrons. The summed E-state index contributed by atoms with van der Waals surface area (Å²) in [6.07, 6.45) is 1.03. The summed E-state index contributed by atoms with van der Waals surface area (Å²) in [6.45, 7) is 5.50. The number of carbonyl (C=O) groups is 1. The van der Waals surface area contributed by atoms with Crippen LogP contribution in [0.1, 0.15) is 18.9 Å². The summed E-state index contributed by atoms with van der Waals surface area (Å²) in [5.41, 5.74) is 7.76. The van der Waals surface area contributed by atoms with Crippen LogP contribution in [0.15, 0.2) is 24.3 Å². The standard InChI is InChI=1S/C14H21N3O/c1-10-3-5-12(6-4-10)16-14(18)17-8-7-11(2)13(17)9-15/h3-6,11,13H,7-9,15H2,1-2H3,(H,16,18). The van der Waals surface area contributed by atoms with Crippen LogP contribution < -0.4 is 11.1 Å². The Morgan fingerprint density at radius 2 is 2.11 bits per heavy atom. The Hall–Kier alpha value is -1.55. The molecule has 0 spiro atoms. The number of likely N-dealkylation sites (tertiary alicyclic amines) is 1. The number of urea groups is 1. The van der Waals surface area contributed by atoms with E-state index in [1.54, 1.807) is 0 Å². The third-order valence-corrected chi connectivity index (χ3v) is 3.69. The minimum Gasteiger partial charge on any atom is -0.328 e. The second-order valence-corrected chi connectivity index (χ2v) is 5.06. The molecule has 1 aromatic rings. The largest absolute Gasteiger partial charge is 0.328 e. The summed E-state index contributed by atoms with van der Waals surface area (Å²) in [6, 6.07) is 7.94. The molecule has 1 aromatic carbocycles. The van der Waals surface area contributed by atoms with Gasteiger partial charge in [0.25, 0.3) is 0 Å². The highest BCUT2D eigenvalue weighted by Gasteiger charge is 2.33. The summed E-state index contributed by atoms with van der Waals surface area (Å²) >= 11 is 0. The monoisotopic (exact) mass is 247 g/mol. The van der Waals surface area contributed by atoms with E-state index in [1.807, 2.05) is 36.1 Å². The van der Waals surface area contributed by atoms with Gasteiger partial charge in [-0.05, 0) is 31.4 Å². The van der Waals surface area contributed by atoms with Crippen molar-refractivity contribution in [2.24, 2.45) is 11.7 Å². The van der Waals surface area contributed by atoms with Crippen LogP contribution in [0.25, 0.3) is 0 Å². The van der Waals surface area contributed by atoms with Crippen molar-refractivity contribution in [3.8, 4) is 0 Å². The van der Waals surface area contributed by atoms with E-state index >= 15 is 0 Å². The fraction of sp³-hybridized carbons (Fsp3) is 0.500. The maximum Gasteiger partial charge on any atom is 0.322 e. The first kappa shape index (κ1) is 12.9. The Kier molecular flexibility index (Phi) is 3.87. The van der Waals surface area contributed by atoms with Crippen molar-refractivity contribution in [3.63, 3.8) is 0 Å². The average molecular weight is 247 g/mol. The van der Waals surface area contributed by atoms with Gasteiger partial charge in [0.15, 0.2) is 0 Å². The van der Waals surface area contributed by atoms with Gasteiger partial charge >= 0.3 is 6.03 Å². The van der Waals surface area contributed by atoms with Crippen LogP contribution >= 0.6 is 0 Å². The lowest BCUT2D eigenvalue weighted by atomic mass is 10.0. The van der Waals surface area contributed by atoms with Crippen molar-refractivity contribution in [2.75, 3.05) is 18.4 Å². The van der Waals surface area contributed by atoms with Crippen LogP contribution in [0.5, 0.6) is 0 Å². The average Bonchev–Trinajstić information content (AvgIpc) is 2.73. The van der Waals surface area contributed by atoms with Gasteiger partial charge in [-0.25, -0.2) is 4.79 Å². The van der Waals surface area contributed by atoms with Crippen molar-refractivity contribution in [3.05, 3.63) is 29.8 Å². The molecular weight excluding hydrogens is 226 g/mol. The quantitative estimate of drug-likeness (QED) is 0.841. The Bertz CT molecular complexity index is 416. The van der Waals surface area contributed by atoms with Gasteiger partial charge in [0.1, 0.15) is 0 Å². The molecule has 1 saturated heterocycles. The van der Waals surface area contributed by atoms with E-state index in [0.717, 1.165) is 18.7 Å². The van der Waals surface area contributed by atoms with Crippen LogP contribution in [0.3, 0.4) is 0 Å². The number of hydrogen-bond donors (Lipinski definition) is 2. The van der Waals surface area contributed by atoms with E-state index in [9.17, 15) is 4.79 Å². The number of benzene rings is 1. The predicted octanol–water partition coefficient (Wildman–Crippen LogP) is 2.20. The van der Waals surface area contributed by atoms with Crippen molar-refractivity contribution < 1.29 is 4.79 Å². The number of carbonyl (C=O) groups excluding carboxylic acids is 1. The molecule has 4 heteroatoms. The number of amides is 2. The lowest BCUT2D eigenvalue weighted by molar-refractivity contribution is 0.202. The zero-order valence-electron chi connectivity index (χ0n) is 11.0. The molecule has 2 unspecified atom stereocenters. The zero-order chi connectivity index (χ0) is 13.1. The molecule has 0 aliphatic carbocycles. The molecule has 1 aliphatic heterocycles. The van der Waals surface area contributed by atoms with E-state index in [-0.39, 0.29) is 12.1 Å². The Morgan fingerprint density at radius 3 is 2.72 bits per heavy atom. The van der Waals surface area contributed by atoms with Crippen LogP contribution in [0, 0.1) is 12.8 Å². The van der Waals surface area contributed by atoms with Crippen molar-refractivity contribution in [2.45, 2.75) is 26.3 Å². The highest BCUT2D eigenvalue weighted by atomic mass is 16.2. The minimum atomic E-state index is -0.0429. The fourth-order valence-corrected chi connectivity index (χ4v) is 2.45. The third kappa shape index (κ3) is 2.64.